The SMILES string of the molecule is NC(CCO)c1ccc2c(c1)Cc1ccccc1-2. The Kier molecular flexibility index (Phi) is 2.90. The lowest BCUT2D eigenvalue weighted by Crippen LogP contribution is -2.12. The van der Waals surface area contributed by atoms with Crippen molar-refractivity contribution >= 4 is 0 Å². The van der Waals surface area contributed by atoms with Crippen molar-refractivity contribution in [1.82, 2.24) is 0 Å². The molecule has 1 aliphatic carbocycles. The number of hydrogen-bond donors (Lipinski definition) is 2. The molecule has 2 nitrogen and oxygen atoms in total. The highest BCUT2D eigenvalue weighted by atomic mass is 16.3. The molecule has 0 heterocycles. The largest absolute Gasteiger partial charge is 0.396 e. The number of nitrogens with two attached hydrogens (primary N) is 1. The van der Waals surface area contributed by atoms with Crippen LogP contribution in [0, 0.1) is 0 Å². The zero-order chi connectivity index (χ0) is 12.5. The van der Waals surface area contributed by atoms with Gasteiger partial charge in [0.05, 0.1) is 0 Å². The number of fused-ring (bicyclic) bond motifs is 3. The van der Waals surface area contributed by atoms with Crippen LogP contribution in [-0.2, 0) is 6.42 Å². The second-order valence-electron chi connectivity index (χ2n) is 4.87. The van der Waals surface area contributed by atoms with Gasteiger partial charge in [-0.05, 0) is 40.7 Å². The predicted octanol–water partition coefficient (Wildman–Crippen LogP) is 2.64. The summed E-state index contributed by atoms with van der Waals surface area (Å²) in [5.41, 5.74) is 12.6. The summed E-state index contributed by atoms with van der Waals surface area (Å²) in [6.07, 6.45) is 1.61. The van der Waals surface area contributed by atoms with Gasteiger partial charge in [0, 0.05) is 12.6 Å². The van der Waals surface area contributed by atoms with E-state index in [2.05, 4.69) is 42.5 Å². The van der Waals surface area contributed by atoms with Gasteiger partial charge in [0.1, 0.15) is 0 Å². The van der Waals surface area contributed by atoms with E-state index in [0.29, 0.717) is 6.42 Å². The van der Waals surface area contributed by atoms with Crippen LogP contribution in [0.15, 0.2) is 42.5 Å². The van der Waals surface area contributed by atoms with Crippen LogP contribution in [0.1, 0.15) is 29.2 Å². The summed E-state index contributed by atoms with van der Waals surface area (Å²) in [7, 11) is 0. The normalized spacial score (nSPS) is 14.1. The lowest BCUT2D eigenvalue weighted by Gasteiger charge is -2.12. The van der Waals surface area contributed by atoms with Crippen molar-refractivity contribution in [2.75, 3.05) is 6.61 Å². The van der Waals surface area contributed by atoms with Gasteiger partial charge in [-0.3, -0.25) is 0 Å². The fraction of sp³-hybridized carbons (Fsp3) is 0.250. The Morgan fingerprint density at radius 1 is 1.06 bits per heavy atom. The van der Waals surface area contributed by atoms with Crippen molar-refractivity contribution in [2.45, 2.75) is 18.9 Å². The van der Waals surface area contributed by atoms with Crippen LogP contribution in [0.2, 0.25) is 0 Å². The first-order chi connectivity index (χ1) is 8.79. The Bertz CT molecular complexity index is 577. The molecule has 0 aromatic heterocycles. The first-order valence-electron chi connectivity index (χ1n) is 6.37. The predicted molar refractivity (Wildman–Crippen MR) is 73.3 cm³/mol. The quantitative estimate of drug-likeness (QED) is 0.738. The molecule has 1 atom stereocenters. The van der Waals surface area contributed by atoms with E-state index in [1.807, 2.05) is 0 Å². The topological polar surface area (TPSA) is 46.2 Å². The van der Waals surface area contributed by atoms with Gasteiger partial charge in [-0.25, -0.2) is 0 Å². The smallest absolute Gasteiger partial charge is 0.0449 e. The Labute approximate surface area is 107 Å². The Balaban J connectivity index is 1.98. The Morgan fingerprint density at radius 2 is 1.83 bits per heavy atom. The molecule has 0 fully saturated rings. The zero-order valence-corrected chi connectivity index (χ0v) is 10.3. The number of rotatable bonds is 3. The summed E-state index contributed by atoms with van der Waals surface area (Å²) in [5, 5.41) is 8.95. The number of benzene rings is 2. The molecule has 0 radical (unpaired) electrons. The average molecular weight is 239 g/mol. The molecule has 18 heavy (non-hydrogen) atoms. The molecule has 2 aromatic carbocycles. The van der Waals surface area contributed by atoms with Crippen molar-refractivity contribution in [3.8, 4) is 11.1 Å². The highest BCUT2D eigenvalue weighted by Gasteiger charge is 2.18. The van der Waals surface area contributed by atoms with E-state index in [0.717, 1.165) is 12.0 Å². The van der Waals surface area contributed by atoms with E-state index in [9.17, 15) is 0 Å². The minimum Gasteiger partial charge on any atom is -0.396 e. The van der Waals surface area contributed by atoms with Gasteiger partial charge in [-0.1, -0.05) is 42.5 Å². The summed E-state index contributed by atoms with van der Waals surface area (Å²) >= 11 is 0. The van der Waals surface area contributed by atoms with E-state index >= 15 is 0 Å². The van der Waals surface area contributed by atoms with Gasteiger partial charge >= 0.3 is 0 Å². The van der Waals surface area contributed by atoms with Gasteiger partial charge in [0.25, 0.3) is 0 Å². The van der Waals surface area contributed by atoms with Crippen LogP contribution in [0.3, 0.4) is 0 Å². The summed E-state index contributed by atoms with van der Waals surface area (Å²) in [4.78, 5) is 0. The standard InChI is InChI=1S/C16H17NO/c17-16(7-8-18)12-5-6-15-13(10-12)9-11-3-1-2-4-14(11)15/h1-6,10,16,18H,7-9,17H2. The molecule has 0 saturated carbocycles. The lowest BCUT2D eigenvalue weighted by molar-refractivity contribution is 0.276. The highest BCUT2D eigenvalue weighted by Crippen LogP contribution is 2.37. The van der Waals surface area contributed by atoms with E-state index in [4.69, 9.17) is 10.8 Å². The molecule has 0 saturated heterocycles. The van der Waals surface area contributed by atoms with Crippen LogP contribution in [-0.4, -0.2) is 11.7 Å². The molecule has 3 rings (SSSR count). The van der Waals surface area contributed by atoms with Gasteiger partial charge < -0.3 is 10.8 Å². The fourth-order valence-electron chi connectivity index (χ4n) is 2.70. The maximum absolute atomic E-state index is 8.95. The van der Waals surface area contributed by atoms with E-state index < -0.39 is 0 Å². The van der Waals surface area contributed by atoms with Crippen LogP contribution in [0.4, 0.5) is 0 Å². The minimum atomic E-state index is -0.0657. The molecule has 2 aromatic rings. The Morgan fingerprint density at radius 3 is 2.67 bits per heavy atom. The molecule has 0 amide bonds. The lowest BCUT2D eigenvalue weighted by atomic mass is 9.98. The Hall–Kier alpha value is -1.64. The summed E-state index contributed by atoms with van der Waals surface area (Å²) in [5.74, 6) is 0. The number of aliphatic hydroxyl groups is 1. The molecule has 0 aliphatic heterocycles. The maximum atomic E-state index is 8.95. The van der Waals surface area contributed by atoms with Gasteiger partial charge in [0.2, 0.25) is 0 Å². The third kappa shape index (κ3) is 1.84. The summed E-state index contributed by atoms with van der Waals surface area (Å²) < 4.78 is 0. The molecule has 3 N–H and O–H groups in total. The number of aliphatic hydroxyl groups excluding tert-OH is 1. The van der Waals surface area contributed by atoms with Crippen LogP contribution in [0.5, 0.6) is 0 Å². The van der Waals surface area contributed by atoms with Crippen LogP contribution in [0.25, 0.3) is 11.1 Å². The molecule has 0 bridgehead atoms. The summed E-state index contributed by atoms with van der Waals surface area (Å²) in [6.45, 7) is 0.137. The second-order valence-corrected chi connectivity index (χ2v) is 4.87. The van der Waals surface area contributed by atoms with Crippen molar-refractivity contribution in [1.29, 1.82) is 0 Å². The van der Waals surface area contributed by atoms with Crippen LogP contribution < -0.4 is 5.73 Å². The van der Waals surface area contributed by atoms with Crippen molar-refractivity contribution in [3.05, 3.63) is 59.2 Å². The third-order valence-corrected chi connectivity index (χ3v) is 3.69. The first-order valence-corrected chi connectivity index (χ1v) is 6.37. The van der Waals surface area contributed by atoms with E-state index in [-0.39, 0.29) is 12.6 Å². The fourth-order valence-corrected chi connectivity index (χ4v) is 2.70. The molecular formula is C16H17NO. The molecule has 92 valence electrons. The second kappa shape index (κ2) is 4.56. The number of hydrogen-bond acceptors (Lipinski definition) is 2. The maximum Gasteiger partial charge on any atom is 0.0449 e. The zero-order valence-electron chi connectivity index (χ0n) is 10.3. The summed E-state index contributed by atoms with van der Waals surface area (Å²) in [6, 6.07) is 14.9. The third-order valence-electron chi connectivity index (χ3n) is 3.69. The van der Waals surface area contributed by atoms with Crippen molar-refractivity contribution in [2.24, 2.45) is 5.73 Å². The van der Waals surface area contributed by atoms with Gasteiger partial charge in [-0.2, -0.15) is 0 Å². The van der Waals surface area contributed by atoms with Crippen molar-refractivity contribution < 1.29 is 5.11 Å². The van der Waals surface area contributed by atoms with Gasteiger partial charge in [-0.15, -0.1) is 0 Å². The molecule has 2 heteroatoms. The van der Waals surface area contributed by atoms with Crippen molar-refractivity contribution in [3.63, 3.8) is 0 Å². The van der Waals surface area contributed by atoms with Gasteiger partial charge in [0.15, 0.2) is 0 Å². The molecule has 1 unspecified atom stereocenters. The minimum absolute atomic E-state index is 0.0657. The van der Waals surface area contributed by atoms with E-state index in [1.54, 1.807) is 0 Å². The molecule has 0 spiro atoms. The highest BCUT2D eigenvalue weighted by molar-refractivity contribution is 5.76. The monoisotopic (exact) mass is 239 g/mol. The molecular weight excluding hydrogens is 222 g/mol. The molecule has 1 aliphatic rings. The van der Waals surface area contributed by atoms with Crippen LogP contribution >= 0.6 is 0 Å². The van der Waals surface area contributed by atoms with E-state index in [1.165, 1.54) is 22.3 Å². The average Bonchev–Trinajstić information content (AvgIpc) is 2.76. The first kappa shape index (κ1) is 11.5.